The number of ether oxygens (including phenoxy) is 4. The van der Waals surface area contributed by atoms with Crippen molar-refractivity contribution >= 4 is 12.9 Å². The average molecular weight is 360 g/mol. The van der Waals surface area contributed by atoms with Gasteiger partial charge in [0.2, 0.25) is 6.03 Å². The van der Waals surface area contributed by atoms with Crippen molar-refractivity contribution in [3.63, 3.8) is 0 Å². The molecule has 1 unspecified atom stereocenters. The maximum absolute atomic E-state index is 13.4. The Morgan fingerprint density at radius 1 is 1.00 bits per heavy atom. The van der Waals surface area contributed by atoms with Crippen molar-refractivity contribution in [3.8, 4) is 11.5 Å². The van der Waals surface area contributed by atoms with E-state index >= 15 is 0 Å². The minimum atomic E-state index is -4.00. The molecule has 0 aliphatic carbocycles. The Balaban J connectivity index is 3.45. The van der Waals surface area contributed by atoms with E-state index < -0.39 is 18.9 Å². The Hall–Kier alpha value is -1.40. The highest BCUT2D eigenvalue weighted by molar-refractivity contribution is 7.77. The van der Waals surface area contributed by atoms with Crippen LogP contribution in [-0.2, 0) is 18.6 Å². The highest BCUT2D eigenvalue weighted by Gasteiger charge is 2.46. The van der Waals surface area contributed by atoms with Crippen LogP contribution >= 0.6 is 7.37 Å². The number of benzene rings is 1. The molecule has 0 heterocycles. The molecule has 0 aliphatic rings. The fourth-order valence-corrected chi connectivity index (χ4v) is 4.19. The van der Waals surface area contributed by atoms with Crippen molar-refractivity contribution in [3.05, 3.63) is 23.8 Å². The second kappa shape index (κ2) is 9.79. The predicted octanol–water partition coefficient (Wildman–Crippen LogP) is 3.52. The minimum Gasteiger partial charge on any atom is -0.496 e. The monoisotopic (exact) mass is 360 g/mol. The van der Waals surface area contributed by atoms with Crippen LogP contribution in [0.2, 0.25) is 0 Å². The normalized spacial score (nSPS) is 13.6. The third kappa shape index (κ3) is 4.36. The van der Waals surface area contributed by atoms with Gasteiger partial charge in [-0.25, -0.2) is 0 Å². The van der Waals surface area contributed by atoms with E-state index in [-0.39, 0.29) is 36.9 Å². The van der Waals surface area contributed by atoms with Crippen LogP contribution in [0.15, 0.2) is 18.2 Å². The summed E-state index contributed by atoms with van der Waals surface area (Å²) in [4.78, 5) is 13.1. The number of hydrogen-bond donors (Lipinski definition) is 0. The minimum absolute atomic E-state index is 0.0451. The Labute approximate surface area is 142 Å². The summed E-state index contributed by atoms with van der Waals surface area (Å²) in [6.07, 6.45) is 0. The van der Waals surface area contributed by atoms with Gasteiger partial charge in [-0.1, -0.05) is 6.07 Å². The summed E-state index contributed by atoms with van der Waals surface area (Å²) in [5.74, 6) is 0.483. The van der Waals surface area contributed by atoms with Crippen LogP contribution in [-0.4, -0.2) is 45.6 Å². The van der Waals surface area contributed by atoms with Crippen LogP contribution in [0, 0.1) is 0 Å². The maximum Gasteiger partial charge on any atom is 0.326 e. The lowest BCUT2D eigenvalue weighted by atomic mass is 10.2. The van der Waals surface area contributed by atoms with Crippen molar-refractivity contribution in [2.45, 2.75) is 26.8 Å². The molecule has 0 saturated heterocycles. The molecule has 7 nitrogen and oxygen atoms in total. The molecule has 0 fully saturated rings. The highest BCUT2D eigenvalue weighted by Crippen LogP contribution is 2.57. The third-order valence-electron chi connectivity index (χ3n) is 3.14. The van der Waals surface area contributed by atoms with Gasteiger partial charge in [-0.3, -0.25) is 9.36 Å². The molecule has 24 heavy (non-hydrogen) atoms. The van der Waals surface area contributed by atoms with E-state index in [1.165, 1.54) is 14.2 Å². The van der Waals surface area contributed by atoms with E-state index in [9.17, 15) is 9.36 Å². The first-order chi connectivity index (χ1) is 11.5. The number of methoxy groups -OCH3 is 2. The summed E-state index contributed by atoms with van der Waals surface area (Å²) in [5, 5.41) is 0. The van der Waals surface area contributed by atoms with E-state index in [0.717, 1.165) is 0 Å². The highest BCUT2D eigenvalue weighted by atomic mass is 31.2. The van der Waals surface area contributed by atoms with Crippen LogP contribution in [0.25, 0.3) is 0 Å². The van der Waals surface area contributed by atoms with Crippen molar-refractivity contribution in [2.24, 2.45) is 0 Å². The Morgan fingerprint density at radius 3 is 1.88 bits per heavy atom. The lowest BCUT2D eigenvalue weighted by Gasteiger charge is -2.26. The summed E-state index contributed by atoms with van der Waals surface area (Å²) < 4.78 is 40.0. The van der Waals surface area contributed by atoms with Gasteiger partial charge in [-0.2, -0.15) is 0 Å². The zero-order chi connectivity index (χ0) is 18.2. The van der Waals surface area contributed by atoms with Crippen LogP contribution in [0.4, 0.5) is 0 Å². The van der Waals surface area contributed by atoms with Gasteiger partial charge >= 0.3 is 7.37 Å². The molecule has 0 aliphatic heterocycles. The Kier molecular flexibility index (Phi) is 8.42. The van der Waals surface area contributed by atoms with Crippen molar-refractivity contribution in [1.82, 2.24) is 0 Å². The first kappa shape index (κ1) is 20.6. The predicted molar refractivity (Wildman–Crippen MR) is 90.1 cm³/mol. The smallest absolute Gasteiger partial charge is 0.326 e. The van der Waals surface area contributed by atoms with Crippen LogP contribution in [0.5, 0.6) is 11.5 Å². The van der Waals surface area contributed by atoms with Gasteiger partial charge in [0.1, 0.15) is 17.1 Å². The molecular weight excluding hydrogens is 335 g/mol. The zero-order valence-electron chi connectivity index (χ0n) is 14.7. The van der Waals surface area contributed by atoms with Crippen LogP contribution in [0.3, 0.4) is 0 Å². The lowest BCUT2D eigenvalue weighted by Crippen LogP contribution is -2.24. The number of carbonyl (C=O) groups is 1. The first-order valence-electron chi connectivity index (χ1n) is 7.73. The molecule has 0 radical (unpaired) electrons. The molecule has 0 saturated carbocycles. The zero-order valence-corrected chi connectivity index (χ0v) is 15.6. The molecule has 0 aromatic heterocycles. The van der Waals surface area contributed by atoms with Crippen LogP contribution < -0.4 is 9.47 Å². The number of carbonyl (C=O) groups excluding carboxylic acids is 1. The quantitative estimate of drug-likeness (QED) is 0.441. The SMILES string of the molecule is CCOC(OCC)P(=O)(OCC)C(=O)c1c(OC)cccc1OC. The second-order valence-electron chi connectivity index (χ2n) is 4.58. The number of rotatable bonds is 11. The molecule has 1 aromatic carbocycles. The summed E-state index contributed by atoms with van der Waals surface area (Å²) >= 11 is 0. The molecular formula is C16H25O7P. The first-order valence-corrected chi connectivity index (χ1v) is 9.42. The largest absolute Gasteiger partial charge is 0.496 e. The molecule has 1 atom stereocenters. The molecule has 1 rings (SSSR count). The topological polar surface area (TPSA) is 80.3 Å². The van der Waals surface area contributed by atoms with Crippen molar-refractivity contribution in [1.29, 1.82) is 0 Å². The van der Waals surface area contributed by atoms with Gasteiger partial charge in [0.25, 0.3) is 5.52 Å². The van der Waals surface area contributed by atoms with Gasteiger partial charge in [-0.15, -0.1) is 0 Å². The van der Waals surface area contributed by atoms with Gasteiger partial charge < -0.3 is 23.5 Å². The third-order valence-corrected chi connectivity index (χ3v) is 5.43. The van der Waals surface area contributed by atoms with E-state index in [2.05, 4.69) is 0 Å². The number of hydrogen-bond acceptors (Lipinski definition) is 7. The van der Waals surface area contributed by atoms with E-state index in [1.54, 1.807) is 39.0 Å². The standard InChI is InChI=1S/C16H25O7P/c1-6-21-16(22-7-2)24(18,23-8-3)15(17)14-12(19-4)10-9-11-13(14)20-5/h9-11,16H,6-8H2,1-5H3. The molecule has 136 valence electrons. The molecule has 0 bridgehead atoms. The average Bonchev–Trinajstić information content (AvgIpc) is 2.60. The fraction of sp³-hybridized carbons (Fsp3) is 0.562. The fourth-order valence-electron chi connectivity index (χ4n) is 2.15. The molecule has 1 aromatic rings. The molecule has 0 spiro atoms. The molecule has 0 amide bonds. The molecule has 0 N–H and O–H groups in total. The van der Waals surface area contributed by atoms with Gasteiger partial charge in [-0.05, 0) is 32.9 Å². The van der Waals surface area contributed by atoms with E-state index in [1.807, 2.05) is 0 Å². The van der Waals surface area contributed by atoms with Gasteiger partial charge in [0.15, 0.2) is 0 Å². The maximum atomic E-state index is 13.4. The summed E-state index contributed by atoms with van der Waals surface area (Å²) in [7, 11) is -1.17. The van der Waals surface area contributed by atoms with E-state index in [4.69, 9.17) is 23.5 Å². The van der Waals surface area contributed by atoms with Crippen molar-refractivity contribution < 1.29 is 32.8 Å². The Morgan fingerprint density at radius 2 is 1.50 bits per heavy atom. The summed E-state index contributed by atoms with van der Waals surface area (Å²) in [6.45, 7) is 5.59. The van der Waals surface area contributed by atoms with Crippen LogP contribution in [0.1, 0.15) is 31.1 Å². The summed E-state index contributed by atoms with van der Waals surface area (Å²) in [5.41, 5.74) is -0.714. The van der Waals surface area contributed by atoms with E-state index in [0.29, 0.717) is 0 Å². The summed E-state index contributed by atoms with van der Waals surface area (Å²) in [6, 6.07) is 3.56. The molecule has 8 heteroatoms. The van der Waals surface area contributed by atoms with Crippen molar-refractivity contribution in [2.75, 3.05) is 34.0 Å². The van der Waals surface area contributed by atoms with Gasteiger partial charge in [0.05, 0.1) is 20.8 Å². The van der Waals surface area contributed by atoms with Gasteiger partial charge in [0, 0.05) is 13.2 Å². The lowest BCUT2D eigenvalue weighted by molar-refractivity contribution is -0.0879. The second-order valence-corrected chi connectivity index (χ2v) is 6.86. The Bertz CT molecular complexity index is 560.